The third kappa shape index (κ3) is 5.40. The summed E-state index contributed by atoms with van der Waals surface area (Å²) in [6.45, 7) is 11.3. The van der Waals surface area contributed by atoms with E-state index in [1.54, 1.807) is 17.9 Å². The number of hydrogen-bond donors (Lipinski definition) is 0. The van der Waals surface area contributed by atoms with Gasteiger partial charge in [0.25, 0.3) is 0 Å². The molecule has 5 rings (SSSR count). The number of esters is 1. The molecule has 0 bridgehead atoms. The molecule has 0 N–H and O–H groups in total. The maximum Gasteiger partial charge on any atom is 0.419 e. The first-order chi connectivity index (χ1) is 18.6. The van der Waals surface area contributed by atoms with Crippen molar-refractivity contribution < 1.29 is 23.8 Å². The quantitative estimate of drug-likeness (QED) is 0.398. The molecule has 8 heteroatoms. The average molecular weight is 534 g/mol. The van der Waals surface area contributed by atoms with Crippen LogP contribution in [0.3, 0.4) is 0 Å². The van der Waals surface area contributed by atoms with Crippen LogP contribution >= 0.6 is 0 Å². The maximum absolute atomic E-state index is 13.1. The van der Waals surface area contributed by atoms with Gasteiger partial charge in [-0.05, 0) is 82.5 Å². The Morgan fingerprint density at radius 1 is 1.05 bits per heavy atom. The van der Waals surface area contributed by atoms with Crippen LogP contribution in [0, 0.1) is 6.92 Å². The number of aromatic nitrogens is 1. The monoisotopic (exact) mass is 533 g/mol. The molecule has 0 amide bonds. The predicted octanol–water partition coefficient (Wildman–Crippen LogP) is 5.55. The number of fused-ring (bicyclic) bond motifs is 2. The third-order valence-corrected chi connectivity index (χ3v) is 7.91. The summed E-state index contributed by atoms with van der Waals surface area (Å²) in [5, 5.41) is 0.992. The summed E-state index contributed by atoms with van der Waals surface area (Å²) in [6, 6.07) is 12.5. The minimum Gasteiger partial charge on any atom is -0.496 e. The van der Waals surface area contributed by atoms with Gasteiger partial charge in [0.15, 0.2) is 0 Å². The van der Waals surface area contributed by atoms with E-state index in [4.69, 9.17) is 14.2 Å². The maximum atomic E-state index is 13.1. The van der Waals surface area contributed by atoms with Gasteiger partial charge in [0, 0.05) is 48.9 Å². The topological polar surface area (TPSA) is 73.2 Å². The average Bonchev–Trinajstić information content (AvgIpc) is 3.56. The van der Waals surface area contributed by atoms with Gasteiger partial charge in [-0.2, -0.15) is 0 Å². The van der Waals surface area contributed by atoms with Crippen LogP contribution in [0.4, 0.5) is 4.79 Å². The highest BCUT2D eigenvalue weighted by Crippen LogP contribution is 2.38. The minimum absolute atomic E-state index is 0.153. The molecule has 3 aromatic rings. The molecule has 2 fully saturated rings. The van der Waals surface area contributed by atoms with Crippen molar-refractivity contribution in [3.8, 4) is 5.75 Å². The zero-order valence-electron chi connectivity index (χ0n) is 23.8. The SMILES string of the molecule is COC(=O)c1ccc(C2CN3CCC[C@H]3CN2Cc2c(OC)cc(C)c3c2ccn3C(=O)OC(C)(C)C)cc1. The molecular weight excluding hydrogens is 494 g/mol. The van der Waals surface area contributed by atoms with Crippen LogP contribution in [0.2, 0.25) is 0 Å². The van der Waals surface area contributed by atoms with Crippen LogP contribution in [0.5, 0.6) is 5.75 Å². The van der Waals surface area contributed by atoms with Crippen molar-refractivity contribution in [1.29, 1.82) is 0 Å². The fraction of sp³-hybridized carbons (Fsp3) is 0.484. The Hall–Kier alpha value is -3.36. The van der Waals surface area contributed by atoms with E-state index < -0.39 is 5.60 Å². The number of nitrogens with zero attached hydrogens (tertiary/aromatic N) is 3. The van der Waals surface area contributed by atoms with E-state index in [0.717, 1.165) is 47.4 Å². The van der Waals surface area contributed by atoms with Crippen LogP contribution < -0.4 is 4.74 Å². The normalized spacial score (nSPS) is 20.2. The molecule has 2 aliphatic rings. The number of ether oxygens (including phenoxy) is 3. The number of hydrogen-bond acceptors (Lipinski definition) is 7. The van der Waals surface area contributed by atoms with Gasteiger partial charge in [0.05, 0.1) is 25.3 Å². The lowest BCUT2D eigenvalue weighted by Crippen LogP contribution is -2.51. The Labute approximate surface area is 230 Å². The number of carbonyl (C=O) groups excluding carboxylic acids is 2. The highest BCUT2D eigenvalue weighted by atomic mass is 16.6. The van der Waals surface area contributed by atoms with Gasteiger partial charge in [-0.3, -0.25) is 14.4 Å². The lowest BCUT2D eigenvalue weighted by Gasteiger charge is -2.44. The lowest BCUT2D eigenvalue weighted by atomic mass is 9.96. The highest BCUT2D eigenvalue weighted by molar-refractivity contribution is 5.95. The van der Waals surface area contributed by atoms with Crippen LogP contribution in [0.25, 0.3) is 10.9 Å². The summed E-state index contributed by atoms with van der Waals surface area (Å²) in [5.41, 5.74) is 3.99. The van der Waals surface area contributed by atoms with E-state index in [9.17, 15) is 9.59 Å². The molecule has 208 valence electrons. The van der Waals surface area contributed by atoms with Crippen molar-refractivity contribution in [3.63, 3.8) is 0 Å². The molecule has 0 spiro atoms. The number of piperazine rings is 1. The molecule has 0 radical (unpaired) electrons. The Balaban J connectivity index is 1.53. The smallest absolute Gasteiger partial charge is 0.419 e. The fourth-order valence-corrected chi connectivity index (χ4v) is 6.10. The van der Waals surface area contributed by atoms with Crippen molar-refractivity contribution in [2.75, 3.05) is 33.9 Å². The number of carbonyl (C=O) groups is 2. The Morgan fingerprint density at radius 3 is 2.46 bits per heavy atom. The van der Waals surface area contributed by atoms with E-state index in [-0.39, 0.29) is 18.1 Å². The van der Waals surface area contributed by atoms with E-state index in [1.165, 1.54) is 25.5 Å². The minimum atomic E-state index is -0.589. The fourth-order valence-electron chi connectivity index (χ4n) is 6.10. The van der Waals surface area contributed by atoms with Gasteiger partial charge in [0.1, 0.15) is 11.4 Å². The first kappa shape index (κ1) is 27.2. The molecule has 0 saturated carbocycles. The van der Waals surface area contributed by atoms with Crippen LogP contribution in [-0.2, 0) is 16.0 Å². The molecule has 2 aliphatic heterocycles. The Bertz CT molecular complexity index is 1370. The van der Waals surface area contributed by atoms with Gasteiger partial charge in [-0.15, -0.1) is 0 Å². The van der Waals surface area contributed by atoms with E-state index in [2.05, 4.69) is 9.80 Å². The van der Waals surface area contributed by atoms with Gasteiger partial charge in [-0.1, -0.05) is 12.1 Å². The van der Waals surface area contributed by atoms with Crippen LogP contribution in [0.1, 0.15) is 66.7 Å². The highest BCUT2D eigenvalue weighted by Gasteiger charge is 2.37. The molecular formula is C31H39N3O5. The molecule has 1 unspecified atom stereocenters. The summed E-state index contributed by atoms with van der Waals surface area (Å²) >= 11 is 0. The molecule has 8 nitrogen and oxygen atoms in total. The molecule has 1 aromatic heterocycles. The predicted molar refractivity (Wildman–Crippen MR) is 150 cm³/mol. The van der Waals surface area contributed by atoms with E-state index in [1.807, 2.05) is 64.1 Å². The third-order valence-electron chi connectivity index (χ3n) is 7.91. The second-order valence-corrected chi connectivity index (χ2v) is 11.7. The van der Waals surface area contributed by atoms with Gasteiger partial charge in [-0.25, -0.2) is 9.59 Å². The number of methoxy groups -OCH3 is 2. The van der Waals surface area contributed by atoms with Gasteiger partial charge < -0.3 is 14.2 Å². The van der Waals surface area contributed by atoms with Crippen LogP contribution in [0.15, 0.2) is 42.6 Å². The summed E-state index contributed by atoms with van der Waals surface area (Å²) in [5.74, 6) is 0.485. The zero-order valence-corrected chi connectivity index (χ0v) is 23.8. The summed E-state index contributed by atoms with van der Waals surface area (Å²) < 4.78 is 18.1. The first-order valence-corrected chi connectivity index (χ1v) is 13.7. The Kier molecular flexibility index (Phi) is 7.44. The van der Waals surface area contributed by atoms with Gasteiger partial charge >= 0.3 is 12.1 Å². The molecule has 39 heavy (non-hydrogen) atoms. The van der Waals surface area contributed by atoms with E-state index in [0.29, 0.717) is 18.2 Å². The molecule has 2 saturated heterocycles. The number of rotatable bonds is 5. The summed E-state index contributed by atoms with van der Waals surface area (Å²) in [4.78, 5) is 30.2. The zero-order chi connectivity index (χ0) is 27.9. The van der Waals surface area contributed by atoms with Crippen molar-refractivity contribution in [2.45, 2.75) is 64.8 Å². The van der Waals surface area contributed by atoms with Crippen molar-refractivity contribution in [1.82, 2.24) is 14.4 Å². The van der Waals surface area contributed by atoms with E-state index >= 15 is 0 Å². The van der Waals surface area contributed by atoms with Crippen molar-refractivity contribution in [3.05, 3.63) is 64.8 Å². The first-order valence-electron chi connectivity index (χ1n) is 13.7. The summed E-state index contributed by atoms with van der Waals surface area (Å²) in [6.07, 6.45) is 3.82. The largest absolute Gasteiger partial charge is 0.496 e. The van der Waals surface area contributed by atoms with Gasteiger partial charge in [0.2, 0.25) is 0 Å². The molecule has 2 aromatic carbocycles. The molecule has 2 atom stereocenters. The standard InChI is InChI=1S/C31H39N3O5/c1-20-16-27(37-5)25(24-13-15-34(28(20)24)30(36)39-31(2,3)4)18-33-17-23-8-7-14-32(23)19-26(33)21-9-11-22(12-10-21)29(35)38-6/h9-13,15-16,23,26H,7-8,14,17-19H2,1-6H3/t23-,26?/m0/s1. The van der Waals surface area contributed by atoms with Crippen molar-refractivity contribution in [2.24, 2.45) is 0 Å². The number of aryl methyl sites for hydroxylation is 1. The Morgan fingerprint density at radius 2 is 1.79 bits per heavy atom. The lowest BCUT2D eigenvalue weighted by molar-refractivity contribution is 0.0445. The second kappa shape index (κ2) is 10.7. The number of benzene rings is 2. The van der Waals surface area contributed by atoms with Crippen LogP contribution in [-0.4, -0.2) is 71.9 Å². The second-order valence-electron chi connectivity index (χ2n) is 11.7. The molecule has 3 heterocycles. The molecule has 0 aliphatic carbocycles. The summed E-state index contributed by atoms with van der Waals surface area (Å²) in [7, 11) is 3.10. The van der Waals surface area contributed by atoms with Crippen molar-refractivity contribution >= 4 is 23.0 Å².